The van der Waals surface area contributed by atoms with Gasteiger partial charge in [-0.05, 0) is 22.3 Å². The Balaban J connectivity index is 2.06. The Bertz CT molecular complexity index is 993. The van der Waals surface area contributed by atoms with E-state index >= 15 is 0 Å². The number of rotatable bonds is 5. The lowest BCUT2D eigenvalue weighted by Crippen LogP contribution is -2.31. The van der Waals surface area contributed by atoms with Gasteiger partial charge in [0.15, 0.2) is 5.84 Å². The van der Waals surface area contributed by atoms with E-state index in [1.807, 2.05) is 30.3 Å². The first-order chi connectivity index (χ1) is 14.3. The molecule has 0 aliphatic rings. The van der Waals surface area contributed by atoms with Crippen molar-refractivity contribution in [3.8, 4) is 0 Å². The summed E-state index contributed by atoms with van der Waals surface area (Å²) in [6, 6.07) is 39.4. The molecule has 0 aliphatic carbocycles. The molecule has 0 saturated carbocycles. The van der Waals surface area contributed by atoms with Crippen molar-refractivity contribution in [2.75, 3.05) is 0 Å². The fourth-order valence-electron chi connectivity index (χ4n) is 4.01. The summed E-state index contributed by atoms with van der Waals surface area (Å²) >= 11 is 0. The highest BCUT2D eigenvalue weighted by Crippen LogP contribution is 2.44. The second kappa shape index (κ2) is 8.03. The first-order valence-electron chi connectivity index (χ1n) is 9.52. The van der Waals surface area contributed by atoms with Crippen molar-refractivity contribution in [1.29, 1.82) is 0 Å². The van der Waals surface area contributed by atoms with Gasteiger partial charge in [0.2, 0.25) is 0 Å². The fourth-order valence-corrected chi connectivity index (χ4v) is 4.01. The van der Waals surface area contributed by atoms with E-state index in [4.69, 9.17) is 10.9 Å². The molecule has 0 heterocycles. The maximum atomic E-state index is 9.01. The molecule has 0 aliphatic heterocycles. The average Bonchev–Trinajstić information content (AvgIpc) is 2.82. The lowest BCUT2D eigenvalue weighted by Gasteiger charge is -2.37. The van der Waals surface area contributed by atoms with Crippen molar-refractivity contribution in [3.05, 3.63) is 143 Å². The number of oxime groups is 1. The molecule has 29 heavy (non-hydrogen) atoms. The summed E-state index contributed by atoms with van der Waals surface area (Å²) in [6.07, 6.45) is 0. The van der Waals surface area contributed by atoms with Crippen LogP contribution in [0.1, 0.15) is 27.8 Å². The minimum Gasteiger partial charge on any atom is -0.409 e. The summed E-state index contributed by atoms with van der Waals surface area (Å²) in [5.74, 6) is 0.0984. The molecule has 4 aromatic rings. The quantitative estimate of drug-likeness (QED) is 0.166. The lowest BCUT2D eigenvalue weighted by atomic mass is 9.65. The van der Waals surface area contributed by atoms with E-state index in [2.05, 4.69) is 90.1 Å². The van der Waals surface area contributed by atoms with E-state index in [1.54, 1.807) is 0 Å². The summed E-state index contributed by atoms with van der Waals surface area (Å²) in [5, 5.41) is 12.1. The summed E-state index contributed by atoms with van der Waals surface area (Å²) in [4.78, 5) is 0. The molecule has 0 fully saturated rings. The molecule has 0 radical (unpaired) electrons. The normalized spacial score (nSPS) is 11.9. The summed E-state index contributed by atoms with van der Waals surface area (Å²) in [5.41, 5.74) is 10.6. The molecule has 0 aromatic heterocycles. The van der Waals surface area contributed by atoms with Gasteiger partial charge in [-0.15, -0.1) is 0 Å². The molecule has 4 aromatic carbocycles. The topological polar surface area (TPSA) is 58.6 Å². The zero-order valence-corrected chi connectivity index (χ0v) is 15.9. The van der Waals surface area contributed by atoms with Gasteiger partial charge in [-0.1, -0.05) is 120 Å². The Morgan fingerprint density at radius 3 is 1.24 bits per heavy atom. The van der Waals surface area contributed by atoms with Gasteiger partial charge >= 0.3 is 0 Å². The molecule has 0 spiro atoms. The smallest absolute Gasteiger partial charge is 0.170 e. The molecule has 0 bridgehead atoms. The molecule has 4 rings (SSSR count). The summed E-state index contributed by atoms with van der Waals surface area (Å²) in [6.45, 7) is 0. The van der Waals surface area contributed by atoms with Gasteiger partial charge in [-0.3, -0.25) is 0 Å². The number of nitrogens with zero attached hydrogens (tertiary/aromatic N) is 1. The van der Waals surface area contributed by atoms with E-state index < -0.39 is 5.41 Å². The van der Waals surface area contributed by atoms with Crippen molar-refractivity contribution in [3.63, 3.8) is 0 Å². The first kappa shape index (κ1) is 18.5. The predicted octanol–water partition coefficient (Wildman–Crippen LogP) is 5.16. The largest absolute Gasteiger partial charge is 0.409 e. The second-order valence-electron chi connectivity index (χ2n) is 6.91. The van der Waals surface area contributed by atoms with E-state index in [9.17, 15) is 0 Å². The third kappa shape index (κ3) is 3.27. The molecule has 0 unspecified atom stereocenters. The number of benzene rings is 4. The van der Waals surface area contributed by atoms with Crippen LogP contribution in [-0.4, -0.2) is 11.0 Å². The van der Waals surface area contributed by atoms with Gasteiger partial charge in [-0.25, -0.2) is 0 Å². The monoisotopic (exact) mass is 378 g/mol. The van der Waals surface area contributed by atoms with Crippen LogP contribution in [0.3, 0.4) is 0 Å². The van der Waals surface area contributed by atoms with E-state index in [0.717, 1.165) is 5.56 Å². The van der Waals surface area contributed by atoms with Crippen molar-refractivity contribution >= 4 is 5.84 Å². The van der Waals surface area contributed by atoms with Crippen molar-refractivity contribution in [2.45, 2.75) is 5.41 Å². The average molecular weight is 378 g/mol. The number of hydrogen-bond donors (Lipinski definition) is 2. The number of hydrogen-bond acceptors (Lipinski definition) is 2. The molecule has 0 atom stereocenters. The van der Waals surface area contributed by atoms with Crippen LogP contribution in [0.5, 0.6) is 0 Å². The molecule has 3 nitrogen and oxygen atoms in total. The van der Waals surface area contributed by atoms with E-state index in [1.165, 1.54) is 16.7 Å². The van der Waals surface area contributed by atoms with Crippen LogP contribution in [0.2, 0.25) is 0 Å². The maximum Gasteiger partial charge on any atom is 0.170 e. The molecule has 3 N–H and O–H groups in total. The lowest BCUT2D eigenvalue weighted by molar-refractivity contribution is 0.318. The molecule has 0 saturated heterocycles. The zero-order valence-electron chi connectivity index (χ0n) is 15.9. The standard InChI is InChI=1S/C26H22N2O/c27-25(28-29)20-16-18-24(19-17-20)26(21-10-4-1-5-11-21,22-12-6-2-7-13-22)23-14-8-3-9-15-23/h1-19,29H,(H2,27,28). The van der Waals surface area contributed by atoms with Gasteiger partial charge in [0, 0.05) is 5.56 Å². The molecule has 3 heteroatoms. The highest BCUT2D eigenvalue weighted by atomic mass is 16.4. The van der Waals surface area contributed by atoms with Crippen LogP contribution >= 0.6 is 0 Å². The molecular formula is C26H22N2O. The number of amidine groups is 1. The van der Waals surface area contributed by atoms with Gasteiger partial charge in [-0.2, -0.15) is 0 Å². The third-order valence-corrected chi connectivity index (χ3v) is 5.34. The SMILES string of the molecule is NC(=NO)c1ccc(C(c2ccccc2)(c2ccccc2)c2ccccc2)cc1. The highest BCUT2D eigenvalue weighted by molar-refractivity contribution is 5.97. The molecule has 0 amide bonds. The minimum atomic E-state index is -0.493. The third-order valence-electron chi connectivity index (χ3n) is 5.34. The van der Waals surface area contributed by atoms with Crippen molar-refractivity contribution in [2.24, 2.45) is 10.9 Å². The van der Waals surface area contributed by atoms with Crippen LogP contribution in [0.25, 0.3) is 0 Å². The second-order valence-corrected chi connectivity index (χ2v) is 6.91. The van der Waals surface area contributed by atoms with Gasteiger partial charge in [0.25, 0.3) is 0 Å². The Labute approximate surface area is 170 Å². The van der Waals surface area contributed by atoms with Gasteiger partial charge < -0.3 is 10.9 Å². The Morgan fingerprint density at radius 2 is 0.897 bits per heavy atom. The van der Waals surface area contributed by atoms with Crippen LogP contribution in [-0.2, 0) is 5.41 Å². The van der Waals surface area contributed by atoms with Crippen molar-refractivity contribution in [1.82, 2.24) is 0 Å². The Morgan fingerprint density at radius 1 is 0.552 bits per heavy atom. The van der Waals surface area contributed by atoms with Crippen LogP contribution in [0, 0.1) is 0 Å². The zero-order chi connectivity index (χ0) is 20.1. The van der Waals surface area contributed by atoms with Crippen LogP contribution in [0.4, 0.5) is 0 Å². The Hall–Kier alpha value is -3.85. The van der Waals surface area contributed by atoms with E-state index in [-0.39, 0.29) is 5.84 Å². The van der Waals surface area contributed by atoms with Crippen molar-refractivity contribution < 1.29 is 5.21 Å². The highest BCUT2D eigenvalue weighted by Gasteiger charge is 2.38. The summed E-state index contributed by atoms with van der Waals surface area (Å²) in [7, 11) is 0. The molecular weight excluding hydrogens is 356 g/mol. The fraction of sp³-hybridized carbons (Fsp3) is 0.0385. The summed E-state index contributed by atoms with van der Waals surface area (Å²) < 4.78 is 0. The van der Waals surface area contributed by atoms with Crippen LogP contribution in [0.15, 0.2) is 120 Å². The van der Waals surface area contributed by atoms with Crippen LogP contribution < -0.4 is 5.73 Å². The Kier molecular flexibility index (Phi) is 5.12. The van der Waals surface area contributed by atoms with Gasteiger partial charge in [0.1, 0.15) is 0 Å². The predicted molar refractivity (Wildman–Crippen MR) is 117 cm³/mol. The molecule has 142 valence electrons. The maximum absolute atomic E-state index is 9.01. The first-order valence-corrected chi connectivity index (χ1v) is 9.52. The minimum absolute atomic E-state index is 0.0984. The van der Waals surface area contributed by atoms with Gasteiger partial charge in [0.05, 0.1) is 5.41 Å². The van der Waals surface area contributed by atoms with E-state index in [0.29, 0.717) is 5.56 Å². The number of nitrogens with two attached hydrogens (primary N) is 1.